The minimum Gasteiger partial charge on any atom is -0.494 e. The first-order valence-corrected chi connectivity index (χ1v) is 12.2. The summed E-state index contributed by atoms with van der Waals surface area (Å²) >= 11 is 0. The number of carbonyl (C=O) groups is 3. The molecular weight excluding hydrogens is 477 g/mol. The van der Waals surface area contributed by atoms with E-state index in [4.69, 9.17) is 9.94 Å². The lowest BCUT2D eigenvalue weighted by Crippen LogP contribution is -2.26. The summed E-state index contributed by atoms with van der Waals surface area (Å²) in [4.78, 5) is 35.8. The standard InChI is InChI=1S/C28H32FN3O5/c1-37-25-14-11-21(18-24(25)29)23(28(35)31-22-12-13-22)17-20-8-6-19(7-9-20)10-15-26(33)30-16-4-2-3-5-27(34)32-36/h6-11,14-15,17-18,22,36H,2-5,12-13,16H2,1H3,(H,30,33)(H,31,35)(H,32,34)/b15-10+,23-17+. The second kappa shape index (κ2) is 13.9. The average molecular weight is 510 g/mol. The number of benzene rings is 2. The molecule has 0 aliphatic heterocycles. The molecule has 3 amide bonds. The number of hydrogen-bond donors (Lipinski definition) is 4. The van der Waals surface area contributed by atoms with E-state index in [2.05, 4.69) is 10.6 Å². The fourth-order valence-electron chi connectivity index (χ4n) is 3.56. The van der Waals surface area contributed by atoms with Crippen LogP contribution in [-0.2, 0) is 14.4 Å². The quantitative estimate of drug-likeness (QED) is 0.108. The van der Waals surface area contributed by atoms with E-state index in [-0.39, 0.29) is 30.0 Å². The van der Waals surface area contributed by atoms with Crippen LogP contribution in [0.15, 0.2) is 48.5 Å². The Bertz CT molecular complexity index is 1160. The van der Waals surface area contributed by atoms with E-state index in [0.29, 0.717) is 24.1 Å². The number of ether oxygens (including phenoxy) is 1. The maximum absolute atomic E-state index is 14.3. The van der Waals surface area contributed by atoms with Crippen molar-refractivity contribution in [2.24, 2.45) is 0 Å². The predicted octanol–water partition coefficient (Wildman–Crippen LogP) is 3.85. The highest BCUT2D eigenvalue weighted by Gasteiger charge is 2.25. The lowest BCUT2D eigenvalue weighted by Gasteiger charge is -2.11. The van der Waals surface area contributed by atoms with Crippen molar-refractivity contribution in [3.05, 3.63) is 71.0 Å². The van der Waals surface area contributed by atoms with Crippen LogP contribution in [0.3, 0.4) is 0 Å². The molecule has 9 heteroatoms. The summed E-state index contributed by atoms with van der Waals surface area (Å²) in [6.45, 7) is 0.491. The Morgan fingerprint density at radius 2 is 1.78 bits per heavy atom. The van der Waals surface area contributed by atoms with Crippen LogP contribution in [0, 0.1) is 5.82 Å². The van der Waals surface area contributed by atoms with Gasteiger partial charge in [0.05, 0.1) is 7.11 Å². The highest BCUT2D eigenvalue weighted by Crippen LogP contribution is 2.27. The molecule has 37 heavy (non-hydrogen) atoms. The average Bonchev–Trinajstić information content (AvgIpc) is 3.72. The Labute approximate surface area is 215 Å². The van der Waals surface area contributed by atoms with Gasteiger partial charge in [-0.2, -0.15) is 0 Å². The van der Waals surface area contributed by atoms with E-state index >= 15 is 0 Å². The number of hydrogen-bond acceptors (Lipinski definition) is 5. The normalized spacial score (nSPS) is 13.3. The fourth-order valence-corrected chi connectivity index (χ4v) is 3.56. The molecule has 0 spiro atoms. The summed E-state index contributed by atoms with van der Waals surface area (Å²) < 4.78 is 19.3. The topological polar surface area (TPSA) is 117 Å². The first kappa shape index (κ1) is 27.6. The Kier molecular flexibility index (Phi) is 10.4. The zero-order chi connectivity index (χ0) is 26.6. The van der Waals surface area contributed by atoms with Crippen molar-refractivity contribution in [1.82, 2.24) is 16.1 Å². The van der Waals surface area contributed by atoms with E-state index < -0.39 is 11.7 Å². The molecule has 1 fully saturated rings. The third-order valence-electron chi connectivity index (χ3n) is 5.80. The molecule has 196 valence electrons. The lowest BCUT2D eigenvalue weighted by molar-refractivity contribution is -0.129. The van der Waals surface area contributed by atoms with Gasteiger partial charge >= 0.3 is 0 Å². The van der Waals surface area contributed by atoms with Crippen molar-refractivity contribution in [1.29, 1.82) is 0 Å². The number of unbranched alkanes of at least 4 members (excludes halogenated alkanes) is 2. The molecule has 0 bridgehead atoms. The molecular formula is C28H32FN3O5. The Balaban J connectivity index is 1.59. The molecule has 1 aliphatic carbocycles. The van der Waals surface area contributed by atoms with Gasteiger partial charge < -0.3 is 15.4 Å². The van der Waals surface area contributed by atoms with E-state index in [9.17, 15) is 18.8 Å². The summed E-state index contributed by atoms with van der Waals surface area (Å²) in [5.41, 5.74) is 3.96. The predicted molar refractivity (Wildman–Crippen MR) is 139 cm³/mol. The largest absolute Gasteiger partial charge is 0.494 e. The van der Waals surface area contributed by atoms with Gasteiger partial charge in [-0.3, -0.25) is 19.6 Å². The Morgan fingerprint density at radius 1 is 1.05 bits per heavy atom. The molecule has 1 aliphatic rings. The maximum atomic E-state index is 14.3. The third kappa shape index (κ3) is 9.20. The summed E-state index contributed by atoms with van der Waals surface area (Å²) in [6.07, 6.45) is 9.09. The Hall–Kier alpha value is -3.98. The van der Waals surface area contributed by atoms with E-state index in [0.717, 1.165) is 36.8 Å². The van der Waals surface area contributed by atoms with Crippen molar-refractivity contribution >= 4 is 35.4 Å². The van der Waals surface area contributed by atoms with Crippen molar-refractivity contribution in [3.8, 4) is 5.75 Å². The molecule has 0 atom stereocenters. The van der Waals surface area contributed by atoms with Gasteiger partial charge in [0.15, 0.2) is 11.6 Å². The van der Waals surface area contributed by atoms with Gasteiger partial charge in [-0.25, -0.2) is 9.87 Å². The van der Waals surface area contributed by atoms with E-state index in [1.165, 1.54) is 25.3 Å². The number of amides is 3. The van der Waals surface area contributed by atoms with Crippen LogP contribution in [-0.4, -0.2) is 42.6 Å². The first-order valence-electron chi connectivity index (χ1n) is 12.2. The van der Waals surface area contributed by atoms with Crippen LogP contribution in [0.25, 0.3) is 17.7 Å². The van der Waals surface area contributed by atoms with E-state index in [1.807, 2.05) is 24.3 Å². The van der Waals surface area contributed by atoms with Crippen LogP contribution in [0.1, 0.15) is 55.2 Å². The second-order valence-electron chi connectivity index (χ2n) is 8.79. The van der Waals surface area contributed by atoms with Crippen molar-refractivity contribution < 1.29 is 28.7 Å². The van der Waals surface area contributed by atoms with E-state index in [1.54, 1.807) is 23.7 Å². The monoisotopic (exact) mass is 509 g/mol. The van der Waals surface area contributed by atoms with Crippen molar-refractivity contribution in [2.75, 3.05) is 13.7 Å². The van der Waals surface area contributed by atoms with Crippen LogP contribution in [0.2, 0.25) is 0 Å². The van der Waals surface area contributed by atoms with Gasteiger partial charge in [-0.05, 0) is 66.7 Å². The van der Waals surface area contributed by atoms with Gasteiger partial charge in [-0.15, -0.1) is 0 Å². The fraction of sp³-hybridized carbons (Fsp3) is 0.321. The number of carbonyl (C=O) groups excluding carboxylic acids is 3. The number of halogens is 1. The van der Waals surface area contributed by atoms with Gasteiger partial charge in [-0.1, -0.05) is 36.8 Å². The summed E-state index contributed by atoms with van der Waals surface area (Å²) in [6, 6.07) is 11.9. The summed E-state index contributed by atoms with van der Waals surface area (Å²) in [5.74, 6) is -1.33. The number of methoxy groups -OCH3 is 1. The molecule has 0 radical (unpaired) electrons. The minimum atomic E-state index is -0.544. The number of rotatable bonds is 13. The molecule has 1 saturated carbocycles. The van der Waals surface area contributed by atoms with Crippen LogP contribution >= 0.6 is 0 Å². The number of nitrogens with one attached hydrogen (secondary N) is 3. The third-order valence-corrected chi connectivity index (χ3v) is 5.80. The summed E-state index contributed by atoms with van der Waals surface area (Å²) in [7, 11) is 1.39. The zero-order valence-electron chi connectivity index (χ0n) is 20.8. The number of hydroxylamine groups is 1. The Morgan fingerprint density at radius 3 is 2.43 bits per heavy atom. The molecule has 0 heterocycles. The maximum Gasteiger partial charge on any atom is 0.252 e. The summed E-state index contributed by atoms with van der Waals surface area (Å²) in [5, 5.41) is 14.2. The highest BCUT2D eigenvalue weighted by atomic mass is 19.1. The molecule has 2 aromatic rings. The molecule has 0 aromatic heterocycles. The zero-order valence-corrected chi connectivity index (χ0v) is 20.8. The first-order chi connectivity index (χ1) is 17.9. The molecule has 4 N–H and O–H groups in total. The highest BCUT2D eigenvalue weighted by molar-refractivity contribution is 6.24. The van der Waals surface area contributed by atoms with Gasteiger partial charge in [0.2, 0.25) is 11.8 Å². The van der Waals surface area contributed by atoms with Crippen LogP contribution in [0.4, 0.5) is 4.39 Å². The SMILES string of the molecule is COc1ccc(/C(=C\c2ccc(/C=C/C(=O)NCCCCCC(=O)NO)cc2)C(=O)NC2CC2)cc1F. The molecule has 0 unspecified atom stereocenters. The lowest BCUT2D eigenvalue weighted by atomic mass is 10.0. The van der Waals surface area contributed by atoms with Crippen molar-refractivity contribution in [3.63, 3.8) is 0 Å². The van der Waals surface area contributed by atoms with Crippen molar-refractivity contribution in [2.45, 2.75) is 44.6 Å². The molecule has 8 nitrogen and oxygen atoms in total. The minimum absolute atomic E-state index is 0.109. The van der Waals surface area contributed by atoms with Gasteiger partial charge in [0, 0.05) is 30.7 Å². The second-order valence-corrected chi connectivity index (χ2v) is 8.79. The van der Waals surface area contributed by atoms with Gasteiger partial charge in [0.25, 0.3) is 5.91 Å². The van der Waals surface area contributed by atoms with Crippen LogP contribution in [0.5, 0.6) is 5.75 Å². The molecule has 0 saturated heterocycles. The smallest absolute Gasteiger partial charge is 0.252 e. The molecule has 3 rings (SSSR count). The molecule has 2 aromatic carbocycles. The van der Waals surface area contributed by atoms with Crippen LogP contribution < -0.4 is 20.9 Å². The van der Waals surface area contributed by atoms with Gasteiger partial charge in [0.1, 0.15) is 0 Å².